The minimum absolute atomic E-state index is 0.0264. The molecule has 0 spiro atoms. The van der Waals surface area contributed by atoms with Gasteiger partial charge in [-0.15, -0.1) is 0 Å². The van der Waals surface area contributed by atoms with Crippen LogP contribution in [0.2, 0.25) is 0 Å². The van der Waals surface area contributed by atoms with Crippen LogP contribution in [-0.2, 0) is 12.8 Å². The molecule has 2 aromatic heterocycles. The number of thioether (sulfide) groups is 1. The van der Waals surface area contributed by atoms with Crippen molar-refractivity contribution in [3.8, 4) is 0 Å². The SMILES string of the molecule is CSc1nc2c(c(=O)[nH]1)CC(C)C(c1c(C)ccc3c1cnn3PI)C2. The van der Waals surface area contributed by atoms with E-state index in [9.17, 15) is 4.79 Å². The van der Waals surface area contributed by atoms with E-state index in [0.29, 0.717) is 23.4 Å². The van der Waals surface area contributed by atoms with Gasteiger partial charge in [0.15, 0.2) is 5.16 Å². The Kier molecular flexibility index (Phi) is 5.14. The van der Waals surface area contributed by atoms with Crippen LogP contribution in [0.1, 0.15) is 35.2 Å². The van der Waals surface area contributed by atoms with Gasteiger partial charge in [-0.1, -0.05) is 24.8 Å². The van der Waals surface area contributed by atoms with Crippen molar-refractivity contribution in [1.29, 1.82) is 0 Å². The van der Waals surface area contributed by atoms with E-state index >= 15 is 0 Å². The van der Waals surface area contributed by atoms with E-state index in [1.54, 1.807) is 0 Å². The second-order valence-corrected chi connectivity index (χ2v) is 9.70. The molecule has 2 heterocycles. The summed E-state index contributed by atoms with van der Waals surface area (Å²) < 4.78 is 2.06. The van der Waals surface area contributed by atoms with Crippen molar-refractivity contribution in [3.05, 3.63) is 51.1 Å². The Morgan fingerprint density at radius 3 is 2.92 bits per heavy atom. The zero-order chi connectivity index (χ0) is 18.4. The molecule has 3 atom stereocenters. The third-order valence-electron chi connectivity index (χ3n) is 5.36. The van der Waals surface area contributed by atoms with E-state index < -0.39 is 0 Å². The molecule has 1 aliphatic carbocycles. The molecule has 1 aliphatic rings. The zero-order valence-electron chi connectivity index (χ0n) is 14.8. The van der Waals surface area contributed by atoms with Gasteiger partial charge >= 0.3 is 0 Å². The van der Waals surface area contributed by atoms with Crippen LogP contribution < -0.4 is 5.56 Å². The maximum Gasteiger partial charge on any atom is 0.254 e. The number of benzene rings is 1. The lowest BCUT2D eigenvalue weighted by Crippen LogP contribution is -2.30. The molecule has 1 aromatic carbocycles. The number of nitrogens with one attached hydrogen (secondary N) is 1. The minimum Gasteiger partial charge on any atom is -0.301 e. The molecule has 0 aliphatic heterocycles. The Morgan fingerprint density at radius 1 is 1.38 bits per heavy atom. The first-order valence-electron chi connectivity index (χ1n) is 8.53. The molecular formula is C18H20IN4OPS. The molecule has 5 nitrogen and oxygen atoms in total. The molecule has 0 radical (unpaired) electrons. The lowest BCUT2D eigenvalue weighted by molar-refractivity contribution is 0.417. The highest BCUT2D eigenvalue weighted by molar-refractivity contribution is 14.2. The van der Waals surface area contributed by atoms with Crippen LogP contribution in [0.4, 0.5) is 0 Å². The van der Waals surface area contributed by atoms with Gasteiger partial charge in [0.1, 0.15) is 0 Å². The summed E-state index contributed by atoms with van der Waals surface area (Å²) in [6.07, 6.45) is 6.12. The van der Waals surface area contributed by atoms with Crippen LogP contribution in [0, 0.1) is 12.8 Å². The van der Waals surface area contributed by atoms with Gasteiger partial charge in [0, 0.05) is 10.9 Å². The van der Waals surface area contributed by atoms with Crippen molar-refractivity contribution in [2.24, 2.45) is 5.92 Å². The van der Waals surface area contributed by atoms with E-state index in [1.807, 2.05) is 12.5 Å². The first-order chi connectivity index (χ1) is 12.5. The van der Waals surface area contributed by atoms with Crippen molar-refractivity contribution < 1.29 is 0 Å². The molecule has 3 unspecified atom stereocenters. The van der Waals surface area contributed by atoms with Gasteiger partial charge in [-0.25, -0.2) is 9.44 Å². The van der Waals surface area contributed by atoms with Crippen LogP contribution in [0.15, 0.2) is 28.3 Å². The molecule has 3 aromatic rings. The Balaban J connectivity index is 1.86. The summed E-state index contributed by atoms with van der Waals surface area (Å²) in [6.45, 7) is 4.43. The Bertz CT molecular complexity index is 1050. The van der Waals surface area contributed by atoms with Crippen LogP contribution in [0.5, 0.6) is 0 Å². The van der Waals surface area contributed by atoms with Crippen LogP contribution in [-0.4, -0.2) is 25.8 Å². The topological polar surface area (TPSA) is 63.6 Å². The smallest absolute Gasteiger partial charge is 0.254 e. The van der Waals surface area contributed by atoms with Gasteiger partial charge in [0.25, 0.3) is 5.56 Å². The number of H-pyrrole nitrogens is 1. The third-order valence-corrected chi connectivity index (χ3v) is 7.83. The molecule has 26 heavy (non-hydrogen) atoms. The normalized spacial score (nSPS) is 20.2. The molecule has 0 fully saturated rings. The van der Waals surface area contributed by atoms with Crippen molar-refractivity contribution in [2.75, 3.05) is 6.26 Å². The Labute approximate surface area is 171 Å². The maximum atomic E-state index is 12.4. The standard InChI is InChI=1S/C18H20IN4OPS/c1-9-4-5-15-13(8-20-23(15)25-19)16(9)11-7-14-12(6-10(11)2)17(24)22-18(21-14)26-3/h4-5,8,10-11,25H,6-7H2,1-3H3,(H,21,22,24). The maximum absolute atomic E-state index is 12.4. The summed E-state index contributed by atoms with van der Waals surface area (Å²) in [5, 5.41) is 6.51. The zero-order valence-corrected chi connectivity index (χ0v) is 18.8. The highest BCUT2D eigenvalue weighted by atomic mass is 127. The van der Waals surface area contributed by atoms with Gasteiger partial charge < -0.3 is 4.98 Å². The van der Waals surface area contributed by atoms with Crippen molar-refractivity contribution in [2.45, 2.75) is 37.8 Å². The van der Waals surface area contributed by atoms with Gasteiger partial charge in [-0.3, -0.25) is 4.79 Å². The van der Waals surface area contributed by atoms with E-state index in [2.05, 4.69) is 62.6 Å². The van der Waals surface area contributed by atoms with Gasteiger partial charge in [0.05, 0.1) is 23.8 Å². The van der Waals surface area contributed by atoms with Gasteiger partial charge in [-0.2, -0.15) is 5.10 Å². The number of hydrogen-bond acceptors (Lipinski definition) is 4. The van der Waals surface area contributed by atoms with E-state index in [0.717, 1.165) is 24.1 Å². The minimum atomic E-state index is 0.0264. The number of aromatic amines is 1. The quantitative estimate of drug-likeness (QED) is 0.251. The predicted molar refractivity (Wildman–Crippen MR) is 118 cm³/mol. The van der Waals surface area contributed by atoms with Crippen molar-refractivity contribution >= 4 is 51.1 Å². The van der Waals surface area contributed by atoms with Gasteiger partial charge in [-0.05, 0) is 77.1 Å². The average molecular weight is 498 g/mol. The van der Waals surface area contributed by atoms with Crippen molar-refractivity contribution in [3.63, 3.8) is 0 Å². The number of aryl methyl sites for hydroxylation is 1. The summed E-state index contributed by atoms with van der Waals surface area (Å²) in [6, 6.07) is 4.37. The summed E-state index contributed by atoms with van der Waals surface area (Å²) in [5.74, 6) is 0.741. The second kappa shape index (κ2) is 7.24. The largest absolute Gasteiger partial charge is 0.301 e. The Hall–Kier alpha value is -0.920. The molecule has 1 N–H and O–H groups in total. The molecule has 0 saturated heterocycles. The van der Waals surface area contributed by atoms with E-state index in [-0.39, 0.29) is 5.56 Å². The van der Waals surface area contributed by atoms with Crippen molar-refractivity contribution in [1.82, 2.24) is 19.5 Å². The van der Waals surface area contributed by atoms with E-state index in [1.165, 1.54) is 33.8 Å². The number of hydrogen-bond donors (Lipinski definition) is 1. The van der Waals surface area contributed by atoms with Crippen LogP contribution in [0.25, 0.3) is 10.9 Å². The lowest BCUT2D eigenvalue weighted by Gasteiger charge is -2.31. The summed E-state index contributed by atoms with van der Waals surface area (Å²) in [4.78, 5) is 20.0. The first kappa shape index (κ1) is 18.4. The number of fused-ring (bicyclic) bond motifs is 2. The fourth-order valence-electron chi connectivity index (χ4n) is 4.05. The van der Waals surface area contributed by atoms with Gasteiger partial charge in [0.2, 0.25) is 0 Å². The lowest BCUT2D eigenvalue weighted by atomic mass is 9.73. The number of aromatic nitrogens is 4. The molecule has 0 saturated carbocycles. The number of rotatable bonds is 3. The molecule has 8 heteroatoms. The fourth-order valence-corrected chi connectivity index (χ4v) is 5.99. The second-order valence-electron chi connectivity index (χ2n) is 6.86. The summed E-state index contributed by atoms with van der Waals surface area (Å²) in [7, 11) is 0. The highest BCUT2D eigenvalue weighted by Crippen LogP contribution is 2.41. The first-order valence-corrected chi connectivity index (χ1v) is 13.8. The number of nitrogens with zero attached hydrogens (tertiary/aromatic N) is 3. The number of halogens is 1. The Morgan fingerprint density at radius 2 is 2.19 bits per heavy atom. The third kappa shape index (κ3) is 3.02. The molecule has 4 rings (SSSR count). The molecular weight excluding hydrogens is 478 g/mol. The molecule has 136 valence electrons. The fraction of sp³-hybridized carbons (Fsp3) is 0.389. The monoisotopic (exact) mass is 498 g/mol. The summed E-state index contributed by atoms with van der Waals surface area (Å²) >= 11 is 3.85. The average Bonchev–Trinajstić information content (AvgIpc) is 3.05. The molecule has 0 bridgehead atoms. The van der Waals surface area contributed by atoms with Crippen LogP contribution >= 0.6 is 40.2 Å². The summed E-state index contributed by atoms with van der Waals surface area (Å²) in [5.41, 5.74) is 5.71. The predicted octanol–water partition coefficient (Wildman–Crippen LogP) is 4.46. The highest BCUT2D eigenvalue weighted by Gasteiger charge is 2.32. The van der Waals surface area contributed by atoms with Crippen LogP contribution in [0.3, 0.4) is 0 Å². The van der Waals surface area contributed by atoms with E-state index in [4.69, 9.17) is 4.98 Å². The molecule has 0 amide bonds.